The highest BCUT2D eigenvalue weighted by Gasteiger charge is 2.29. The van der Waals surface area contributed by atoms with E-state index in [0.29, 0.717) is 18.7 Å². The molecule has 2 atom stereocenters. The number of aryl methyl sites for hydroxylation is 2. The van der Waals surface area contributed by atoms with Crippen molar-refractivity contribution in [2.45, 2.75) is 64.5 Å². The number of rotatable bonds is 12. The second kappa shape index (κ2) is 35.1. The summed E-state index contributed by atoms with van der Waals surface area (Å²) in [6, 6.07) is 17.5. The SMILES string of the molecule is C#CC#CC#CC#CC#CC#CC#CC#CC#CC#CC#CC#CC#CC.C[C@H](NC(=O)[C@@H](CCc1ccccc1)N1CCCC1)C(=O)CCc1ccc2c(N)nccc2c1.NN=NN[N+](=O)[O-].[HH].[HH].[HH].[HH].[HH].[HH].[HH].[HH].[HH].[HH].[HH].[HH].[HH].[HH]. The summed E-state index contributed by atoms with van der Waals surface area (Å²) < 4.78 is 0. The summed E-state index contributed by atoms with van der Waals surface area (Å²) in [6.07, 6.45) is 11.5. The van der Waals surface area contributed by atoms with Crippen LogP contribution < -0.4 is 22.4 Å². The van der Waals surface area contributed by atoms with Crippen molar-refractivity contribution >= 4 is 28.3 Å². The van der Waals surface area contributed by atoms with Crippen molar-refractivity contribution in [1.29, 1.82) is 0 Å². The molecule has 1 aromatic heterocycles. The number of hydrazine groups is 1. The van der Waals surface area contributed by atoms with Gasteiger partial charge < -0.3 is 21.2 Å². The fourth-order valence-corrected chi connectivity index (χ4v) is 5.58. The quantitative estimate of drug-likeness (QED) is 0.0484. The summed E-state index contributed by atoms with van der Waals surface area (Å²) in [5, 5.41) is 18.5. The van der Waals surface area contributed by atoms with Crippen LogP contribution in [0.3, 0.4) is 0 Å². The van der Waals surface area contributed by atoms with Gasteiger partial charge in [0.2, 0.25) is 5.91 Å². The molecule has 1 fully saturated rings. The molecule has 0 bridgehead atoms. The first-order chi connectivity index (χ1) is 33.2. The number of anilines is 1. The molecule has 1 aliphatic rings. The number of nitrogens with zero attached hydrogens (tertiary/aromatic N) is 5. The summed E-state index contributed by atoms with van der Waals surface area (Å²) in [6.45, 7) is 5.37. The molecule has 1 saturated heterocycles. The molecule has 2 aromatic carbocycles. The molecule has 13 nitrogen and oxygen atoms in total. The van der Waals surface area contributed by atoms with Gasteiger partial charge in [0.25, 0.3) is 0 Å². The molecule has 13 heteroatoms. The van der Waals surface area contributed by atoms with E-state index in [1.165, 1.54) is 11.1 Å². The van der Waals surface area contributed by atoms with Crippen LogP contribution in [-0.2, 0) is 22.4 Å². The molecule has 3 aromatic rings. The summed E-state index contributed by atoms with van der Waals surface area (Å²) in [7, 11) is 0. The Morgan fingerprint density at radius 1 is 0.779 bits per heavy atom. The van der Waals surface area contributed by atoms with Gasteiger partial charge in [-0.05, 0) is 176 Å². The second-order valence-corrected chi connectivity index (χ2v) is 13.1. The zero-order valence-corrected chi connectivity index (χ0v) is 37.2. The lowest BCUT2D eigenvalue weighted by molar-refractivity contribution is -0.546. The molecule has 2 heterocycles. The summed E-state index contributed by atoms with van der Waals surface area (Å²) in [5.41, 5.74) is 9.59. The van der Waals surface area contributed by atoms with E-state index in [0.717, 1.165) is 55.1 Å². The first kappa shape index (κ1) is 53.8. The van der Waals surface area contributed by atoms with E-state index < -0.39 is 11.1 Å². The van der Waals surface area contributed by atoms with Gasteiger partial charge in [0.05, 0.1) is 22.3 Å². The number of fused-ring (bicyclic) bond motifs is 1. The lowest BCUT2D eigenvalue weighted by atomic mass is 10.0. The van der Waals surface area contributed by atoms with E-state index >= 15 is 0 Å². The fraction of sp³-hybridized carbons (Fsp3) is 0.218. The van der Waals surface area contributed by atoms with Crippen molar-refractivity contribution in [1.82, 2.24) is 20.7 Å². The zero-order valence-electron chi connectivity index (χ0n) is 37.2. The number of Topliss-reactive ketones (excluding diaryl/α,β-unsaturated/α-hetero) is 1. The van der Waals surface area contributed by atoms with Gasteiger partial charge >= 0.3 is 0 Å². The van der Waals surface area contributed by atoms with E-state index in [2.05, 4.69) is 198 Å². The van der Waals surface area contributed by atoms with Crippen molar-refractivity contribution < 1.29 is 34.6 Å². The maximum absolute atomic E-state index is 13.2. The first-order valence-corrected chi connectivity index (χ1v) is 20.3. The molecule has 68 heavy (non-hydrogen) atoms. The summed E-state index contributed by atoms with van der Waals surface area (Å²) >= 11 is 0. The van der Waals surface area contributed by atoms with Crippen molar-refractivity contribution in [3.63, 3.8) is 0 Å². The summed E-state index contributed by atoms with van der Waals surface area (Å²) in [5.74, 6) is 66.8. The van der Waals surface area contributed by atoms with Crippen LogP contribution in [-0.4, -0.2) is 51.8 Å². The lowest BCUT2D eigenvalue weighted by Crippen LogP contribution is -2.50. The van der Waals surface area contributed by atoms with Crippen LogP contribution in [0.2, 0.25) is 0 Å². The number of aromatic nitrogens is 1. The normalized spacial score (nSPS) is 10.4. The third-order valence-electron chi connectivity index (χ3n) is 8.55. The molecule has 0 saturated carbocycles. The molecule has 0 spiro atoms. The van der Waals surface area contributed by atoms with Gasteiger partial charge in [0.1, 0.15) is 5.82 Å². The Kier molecular flexibility index (Phi) is 27.8. The molecule has 0 unspecified atom stereocenters. The number of benzene rings is 2. The number of amides is 1. The topological polar surface area (TPSA) is 194 Å². The minimum Gasteiger partial charge on any atom is -0.383 e. The minimum atomic E-state index is -0.879. The number of hydrogen-bond acceptors (Lipinski definition) is 9. The summed E-state index contributed by atoms with van der Waals surface area (Å²) in [4.78, 5) is 41.7. The van der Waals surface area contributed by atoms with Gasteiger partial charge in [-0.25, -0.2) is 4.98 Å². The molecule has 358 valence electrons. The number of nitro groups is 1. The number of nitrogens with one attached hydrogen (secondary N) is 2. The number of pyridine rings is 1. The fourth-order valence-electron chi connectivity index (χ4n) is 5.58. The number of nitrogen functional groups attached to an aromatic ring is 1. The zero-order chi connectivity index (χ0) is 49.3. The highest BCUT2D eigenvalue weighted by Crippen LogP contribution is 2.21. The highest BCUT2D eigenvalue weighted by molar-refractivity contribution is 5.92. The number of terminal acetylenes is 1. The Morgan fingerprint density at radius 3 is 1.76 bits per heavy atom. The van der Waals surface area contributed by atoms with Crippen molar-refractivity contribution in [3.8, 4) is 154 Å². The van der Waals surface area contributed by atoms with E-state index in [4.69, 9.17) is 12.2 Å². The van der Waals surface area contributed by atoms with Crippen LogP contribution in [0.4, 0.5) is 5.82 Å². The van der Waals surface area contributed by atoms with Crippen LogP contribution in [0.1, 0.15) is 70.6 Å². The van der Waals surface area contributed by atoms with Crippen LogP contribution in [0, 0.1) is 165 Å². The standard InChI is InChI=1S/C28H34N4O2.C27H4.H3N5O2.14H2/c1-20(26(33)14-11-22-9-12-24-23(19-22)15-16-30-27(24)29)31-28(34)25(32-17-5-6-18-32)13-10-21-7-3-2-4-8-21;1-3-5-7-9-11-13-15-17-19-21-23-25-27-26-24-22-20-18-16-14-12-10-8-6-4-2;1-2-3-4-5(6)7;;;;;;;;;;;;;;/h2-4,7-9,12,15-16,19-20,25H,5-6,10-11,13-14,17-18H2,1H3,(H2,29,30)(H,31,34);1H,2H3;(H2,1,3)(H,2,4);14*1H/t20-,25+;;;;;;;;;;;;;;;;/m0................/s1. The monoisotopic (exact) mass is 920 g/mol. The van der Waals surface area contributed by atoms with E-state index in [1.807, 2.05) is 36.4 Å². The smallest absolute Gasteiger partial charge is 0.237 e. The third-order valence-corrected chi connectivity index (χ3v) is 8.55. The number of carbonyl (C=O) groups excluding carboxylic acids is 2. The van der Waals surface area contributed by atoms with Gasteiger partial charge in [-0.15, -0.1) is 6.42 Å². The molecule has 0 aliphatic carbocycles. The van der Waals surface area contributed by atoms with E-state index in [1.54, 1.807) is 20.0 Å². The number of hydrogen-bond donors (Lipinski definition) is 4. The minimum absolute atomic E-state index is 0. The van der Waals surface area contributed by atoms with Gasteiger partial charge in [0.15, 0.2) is 11.0 Å². The molecule has 0 radical (unpaired) electrons. The number of nitrogens with two attached hydrogens (primary N) is 2. The second-order valence-electron chi connectivity index (χ2n) is 13.1. The average Bonchev–Trinajstić information content (AvgIpc) is 3.88. The first-order valence-electron chi connectivity index (χ1n) is 20.3. The Balaban J connectivity index is -0.0000000830. The van der Waals surface area contributed by atoms with Crippen molar-refractivity contribution in [3.05, 3.63) is 82.0 Å². The predicted molar refractivity (Wildman–Crippen MR) is 293 cm³/mol. The molecular formula is C55H69N9O4. The number of ketones is 1. The Hall–Kier alpha value is -10.4. The van der Waals surface area contributed by atoms with Crippen LogP contribution >= 0.6 is 0 Å². The Morgan fingerprint density at radius 2 is 1.29 bits per heavy atom. The van der Waals surface area contributed by atoms with Crippen molar-refractivity contribution in [2.75, 3.05) is 18.8 Å². The molecular weight excluding hydrogens is 851 g/mol. The van der Waals surface area contributed by atoms with E-state index in [9.17, 15) is 19.7 Å². The maximum atomic E-state index is 13.2. The Labute approximate surface area is 419 Å². The molecule has 1 aliphatic heterocycles. The van der Waals surface area contributed by atoms with E-state index in [-0.39, 0.29) is 37.7 Å². The maximum Gasteiger partial charge on any atom is 0.237 e. The van der Waals surface area contributed by atoms with Gasteiger partial charge in [0, 0.05) is 90.9 Å². The van der Waals surface area contributed by atoms with Gasteiger partial charge in [-0.2, -0.15) is 0 Å². The van der Waals surface area contributed by atoms with Crippen LogP contribution in [0.5, 0.6) is 0 Å². The average molecular weight is 920 g/mol. The Bertz CT molecular complexity index is 3200. The number of likely N-dealkylation sites (tertiary alicyclic amines) is 1. The van der Waals surface area contributed by atoms with Gasteiger partial charge in [-0.3, -0.25) is 20.3 Å². The largest absolute Gasteiger partial charge is 0.383 e. The number of carbonyl (C=O) groups is 2. The van der Waals surface area contributed by atoms with Crippen LogP contribution in [0.15, 0.2) is 71.2 Å². The highest BCUT2D eigenvalue weighted by atomic mass is 16.7. The predicted octanol–water partition coefficient (Wildman–Crippen LogP) is 7.05. The molecule has 1 amide bonds. The van der Waals surface area contributed by atoms with Crippen LogP contribution in [0.25, 0.3) is 10.8 Å². The third kappa shape index (κ3) is 24.9. The van der Waals surface area contributed by atoms with Gasteiger partial charge in [-0.1, -0.05) is 54.5 Å². The molecule has 6 N–H and O–H groups in total. The lowest BCUT2D eigenvalue weighted by Gasteiger charge is -2.28. The molecule has 4 rings (SSSR count). The van der Waals surface area contributed by atoms with Crippen molar-refractivity contribution in [2.24, 2.45) is 16.3 Å².